The molecule has 148 valence electrons. The van der Waals surface area contributed by atoms with Gasteiger partial charge in [0, 0.05) is 18.1 Å². The van der Waals surface area contributed by atoms with E-state index in [0.29, 0.717) is 5.92 Å². The first-order valence-corrected chi connectivity index (χ1v) is 10.1. The molecule has 2 aliphatic carbocycles. The maximum atomic E-state index is 12.3. The molecule has 0 aliphatic heterocycles. The SMILES string of the molecule is CCN(CC(=O)O)C1CC(NC(=O)NC2CCC(Cc3ccccc3)C2)C1. The number of hydrogen-bond donors (Lipinski definition) is 3. The summed E-state index contributed by atoms with van der Waals surface area (Å²) in [5.74, 6) is -0.155. The molecular weight excluding hydrogens is 342 g/mol. The molecule has 27 heavy (non-hydrogen) atoms. The Morgan fingerprint density at radius 2 is 1.78 bits per heavy atom. The summed E-state index contributed by atoms with van der Waals surface area (Å²) in [7, 11) is 0. The molecule has 6 heteroatoms. The fraction of sp³-hybridized carbons (Fsp3) is 0.619. The lowest BCUT2D eigenvalue weighted by molar-refractivity contribution is -0.139. The number of urea groups is 1. The topological polar surface area (TPSA) is 81.7 Å². The summed E-state index contributed by atoms with van der Waals surface area (Å²) in [5.41, 5.74) is 1.37. The van der Waals surface area contributed by atoms with Gasteiger partial charge in [-0.15, -0.1) is 0 Å². The van der Waals surface area contributed by atoms with E-state index in [-0.39, 0.29) is 30.7 Å². The fourth-order valence-electron chi connectivity index (χ4n) is 4.43. The fourth-order valence-corrected chi connectivity index (χ4v) is 4.43. The third kappa shape index (κ3) is 5.70. The number of carbonyl (C=O) groups excluding carboxylic acids is 1. The third-order valence-electron chi connectivity index (χ3n) is 5.95. The van der Waals surface area contributed by atoms with Crippen LogP contribution in [-0.4, -0.2) is 53.2 Å². The van der Waals surface area contributed by atoms with Gasteiger partial charge >= 0.3 is 12.0 Å². The molecule has 0 heterocycles. The van der Waals surface area contributed by atoms with E-state index in [9.17, 15) is 9.59 Å². The summed E-state index contributed by atoms with van der Waals surface area (Å²) >= 11 is 0. The number of likely N-dealkylation sites (N-methyl/N-ethyl adjacent to an activating group) is 1. The highest BCUT2D eigenvalue weighted by Gasteiger charge is 2.35. The Morgan fingerprint density at radius 3 is 2.44 bits per heavy atom. The van der Waals surface area contributed by atoms with Crippen molar-refractivity contribution >= 4 is 12.0 Å². The summed E-state index contributed by atoms with van der Waals surface area (Å²) in [6.45, 7) is 2.77. The van der Waals surface area contributed by atoms with Gasteiger partial charge in [0.2, 0.25) is 0 Å². The first-order valence-electron chi connectivity index (χ1n) is 10.1. The number of carbonyl (C=O) groups is 2. The van der Waals surface area contributed by atoms with Crippen molar-refractivity contribution in [3.05, 3.63) is 35.9 Å². The number of carboxylic acid groups (broad SMARTS) is 1. The minimum Gasteiger partial charge on any atom is -0.480 e. The molecule has 2 aliphatic rings. The minimum absolute atomic E-state index is 0.0744. The lowest BCUT2D eigenvalue weighted by atomic mass is 9.85. The van der Waals surface area contributed by atoms with Crippen LogP contribution in [0.3, 0.4) is 0 Å². The number of nitrogens with zero attached hydrogens (tertiary/aromatic N) is 1. The van der Waals surface area contributed by atoms with Gasteiger partial charge in [0.05, 0.1) is 6.54 Å². The number of hydrogen-bond acceptors (Lipinski definition) is 3. The monoisotopic (exact) mass is 373 g/mol. The molecule has 2 saturated carbocycles. The third-order valence-corrected chi connectivity index (χ3v) is 5.95. The van der Waals surface area contributed by atoms with Gasteiger partial charge in [0.1, 0.15) is 0 Å². The molecule has 1 aromatic carbocycles. The normalized spacial score (nSPS) is 27.2. The van der Waals surface area contributed by atoms with Crippen molar-refractivity contribution in [1.29, 1.82) is 0 Å². The van der Waals surface area contributed by atoms with Crippen LogP contribution in [0.1, 0.15) is 44.6 Å². The Kier molecular flexibility index (Phi) is 6.72. The maximum Gasteiger partial charge on any atom is 0.317 e. The molecule has 2 atom stereocenters. The lowest BCUT2D eigenvalue weighted by Crippen LogP contribution is -2.57. The van der Waals surface area contributed by atoms with Crippen LogP contribution in [0.4, 0.5) is 4.79 Å². The molecular formula is C21H31N3O3. The van der Waals surface area contributed by atoms with Gasteiger partial charge in [-0.3, -0.25) is 9.69 Å². The number of carboxylic acids is 1. The van der Waals surface area contributed by atoms with E-state index in [4.69, 9.17) is 5.11 Å². The predicted molar refractivity (Wildman–Crippen MR) is 105 cm³/mol. The van der Waals surface area contributed by atoms with Crippen LogP contribution < -0.4 is 10.6 Å². The van der Waals surface area contributed by atoms with Crippen LogP contribution >= 0.6 is 0 Å². The van der Waals surface area contributed by atoms with Gasteiger partial charge < -0.3 is 15.7 Å². The highest BCUT2D eigenvalue weighted by atomic mass is 16.4. The smallest absolute Gasteiger partial charge is 0.317 e. The van der Waals surface area contributed by atoms with Crippen molar-refractivity contribution < 1.29 is 14.7 Å². The zero-order chi connectivity index (χ0) is 19.2. The summed E-state index contributed by atoms with van der Waals surface area (Å²) in [6, 6.07) is 11.1. The van der Waals surface area contributed by atoms with Crippen LogP contribution in [0.25, 0.3) is 0 Å². The van der Waals surface area contributed by atoms with E-state index in [0.717, 1.165) is 45.1 Å². The number of aliphatic carboxylic acids is 1. The van der Waals surface area contributed by atoms with Crippen LogP contribution in [0.2, 0.25) is 0 Å². The number of rotatable bonds is 8. The predicted octanol–water partition coefficient (Wildman–Crippen LogP) is 2.63. The van der Waals surface area contributed by atoms with Crippen LogP contribution in [0.15, 0.2) is 30.3 Å². The average Bonchev–Trinajstić information content (AvgIpc) is 3.03. The second kappa shape index (κ2) is 9.22. The van der Waals surface area contributed by atoms with Crippen molar-refractivity contribution in [3.63, 3.8) is 0 Å². The average molecular weight is 373 g/mol. The summed E-state index contributed by atoms with van der Waals surface area (Å²) < 4.78 is 0. The number of benzene rings is 1. The number of nitrogens with one attached hydrogen (secondary N) is 2. The molecule has 2 fully saturated rings. The standard InChI is InChI=1S/C21H31N3O3/c1-2-24(14-20(25)26)19-12-18(13-19)23-21(27)22-17-9-8-16(11-17)10-15-6-4-3-5-7-15/h3-7,16-19H,2,8-14H2,1H3,(H,25,26)(H2,22,23,27). The Hall–Kier alpha value is -2.08. The van der Waals surface area contributed by atoms with E-state index in [1.807, 2.05) is 17.9 Å². The van der Waals surface area contributed by atoms with E-state index >= 15 is 0 Å². The van der Waals surface area contributed by atoms with Crippen LogP contribution in [0, 0.1) is 5.92 Å². The summed E-state index contributed by atoms with van der Waals surface area (Å²) in [4.78, 5) is 25.1. The zero-order valence-corrected chi connectivity index (χ0v) is 16.1. The second-order valence-electron chi connectivity index (χ2n) is 7.96. The second-order valence-corrected chi connectivity index (χ2v) is 7.96. The van der Waals surface area contributed by atoms with E-state index in [2.05, 4.69) is 34.9 Å². The van der Waals surface area contributed by atoms with Gasteiger partial charge in [-0.25, -0.2) is 4.79 Å². The van der Waals surface area contributed by atoms with Crippen molar-refractivity contribution in [2.24, 2.45) is 5.92 Å². The molecule has 0 spiro atoms. The van der Waals surface area contributed by atoms with Gasteiger partial charge in [0.25, 0.3) is 0 Å². The van der Waals surface area contributed by atoms with Crippen LogP contribution in [-0.2, 0) is 11.2 Å². The van der Waals surface area contributed by atoms with E-state index in [1.165, 1.54) is 5.56 Å². The molecule has 2 unspecified atom stereocenters. The Morgan fingerprint density at radius 1 is 1.07 bits per heavy atom. The number of amides is 2. The zero-order valence-electron chi connectivity index (χ0n) is 16.1. The van der Waals surface area contributed by atoms with Crippen molar-refractivity contribution in [2.45, 2.75) is 63.6 Å². The first-order chi connectivity index (χ1) is 13.0. The van der Waals surface area contributed by atoms with Crippen molar-refractivity contribution in [2.75, 3.05) is 13.1 Å². The van der Waals surface area contributed by atoms with Gasteiger partial charge in [0.15, 0.2) is 0 Å². The first kappa shape index (κ1) is 19.7. The quantitative estimate of drug-likeness (QED) is 0.654. The van der Waals surface area contributed by atoms with Gasteiger partial charge in [-0.1, -0.05) is 37.3 Å². The molecule has 6 nitrogen and oxygen atoms in total. The molecule has 0 bridgehead atoms. The van der Waals surface area contributed by atoms with Gasteiger partial charge in [-0.2, -0.15) is 0 Å². The molecule has 0 aromatic heterocycles. The van der Waals surface area contributed by atoms with Gasteiger partial charge in [-0.05, 0) is 56.6 Å². The van der Waals surface area contributed by atoms with Crippen molar-refractivity contribution in [1.82, 2.24) is 15.5 Å². The largest absolute Gasteiger partial charge is 0.480 e. The molecule has 3 rings (SSSR count). The van der Waals surface area contributed by atoms with Crippen molar-refractivity contribution in [3.8, 4) is 0 Å². The highest BCUT2D eigenvalue weighted by molar-refractivity contribution is 5.74. The Labute approximate surface area is 161 Å². The molecule has 3 N–H and O–H groups in total. The molecule has 0 saturated heterocycles. The molecule has 1 aromatic rings. The van der Waals surface area contributed by atoms with E-state index in [1.54, 1.807) is 0 Å². The lowest BCUT2D eigenvalue weighted by Gasteiger charge is -2.42. The van der Waals surface area contributed by atoms with Crippen LogP contribution in [0.5, 0.6) is 0 Å². The summed E-state index contributed by atoms with van der Waals surface area (Å²) in [6.07, 6.45) is 5.98. The van der Waals surface area contributed by atoms with E-state index < -0.39 is 5.97 Å². The summed E-state index contributed by atoms with van der Waals surface area (Å²) in [5, 5.41) is 15.1. The maximum absolute atomic E-state index is 12.3. The minimum atomic E-state index is -0.794. The molecule has 2 amide bonds. The Balaban J connectivity index is 1.34. The highest BCUT2D eigenvalue weighted by Crippen LogP contribution is 2.29. The molecule has 0 radical (unpaired) electrons. The Bertz CT molecular complexity index is 631.